The number of rotatable bonds is 3. The van der Waals surface area contributed by atoms with Crippen LogP contribution >= 0.6 is 22.9 Å². The van der Waals surface area contributed by atoms with Crippen molar-refractivity contribution in [2.45, 2.75) is 37.0 Å². The number of thiazole rings is 1. The van der Waals surface area contributed by atoms with E-state index in [-0.39, 0.29) is 0 Å². The third kappa shape index (κ3) is 2.29. The lowest BCUT2D eigenvalue weighted by atomic mass is 10.1. The fourth-order valence-corrected chi connectivity index (χ4v) is 4.77. The highest BCUT2D eigenvalue weighted by molar-refractivity contribution is 7.16. The molecule has 1 aromatic carbocycles. The fraction of sp³-hybridized carbons (Fsp3) is 0.316. The molecule has 0 radical (unpaired) electrons. The molecule has 0 aliphatic heterocycles. The van der Waals surface area contributed by atoms with Crippen molar-refractivity contribution in [3.05, 3.63) is 57.9 Å². The molecule has 0 bridgehead atoms. The minimum atomic E-state index is 0.475. The number of hydrogen-bond donors (Lipinski definition) is 0. The molecule has 2 aliphatic rings. The number of imidazole rings is 1. The second-order valence-corrected chi connectivity index (χ2v) is 8.43. The lowest BCUT2D eigenvalue weighted by Crippen LogP contribution is -1.96. The predicted molar refractivity (Wildman–Crippen MR) is 99.7 cm³/mol. The van der Waals surface area contributed by atoms with Crippen LogP contribution in [0, 0.1) is 0 Å². The molecular weight excluding hydrogens is 352 g/mol. The number of nitrogens with zero attached hydrogens (tertiary/aromatic N) is 4. The molecule has 6 rings (SSSR count). The van der Waals surface area contributed by atoms with Gasteiger partial charge in [0.05, 0.1) is 27.6 Å². The Morgan fingerprint density at radius 1 is 1.16 bits per heavy atom. The molecule has 1 unspecified atom stereocenters. The first-order valence-corrected chi connectivity index (χ1v) is 9.91. The first kappa shape index (κ1) is 14.2. The third-order valence-corrected chi connectivity index (χ3v) is 6.39. The van der Waals surface area contributed by atoms with Crippen LogP contribution < -0.4 is 0 Å². The van der Waals surface area contributed by atoms with E-state index in [1.165, 1.54) is 34.4 Å². The summed E-state index contributed by atoms with van der Waals surface area (Å²) in [5.41, 5.74) is 7.78. The Morgan fingerprint density at radius 3 is 2.96 bits per heavy atom. The van der Waals surface area contributed by atoms with Crippen LogP contribution in [0.3, 0.4) is 0 Å². The van der Waals surface area contributed by atoms with Gasteiger partial charge in [-0.15, -0.1) is 11.3 Å². The van der Waals surface area contributed by atoms with Gasteiger partial charge >= 0.3 is 0 Å². The van der Waals surface area contributed by atoms with Crippen LogP contribution in [0.5, 0.6) is 0 Å². The van der Waals surface area contributed by atoms with Crippen molar-refractivity contribution in [3.63, 3.8) is 0 Å². The lowest BCUT2D eigenvalue weighted by Gasteiger charge is -2.04. The van der Waals surface area contributed by atoms with Crippen LogP contribution in [0.4, 0.5) is 0 Å². The number of fused-ring (bicyclic) bond motifs is 2. The molecule has 3 heterocycles. The van der Waals surface area contributed by atoms with Gasteiger partial charge in [0.25, 0.3) is 0 Å². The van der Waals surface area contributed by atoms with Gasteiger partial charge in [0, 0.05) is 11.5 Å². The van der Waals surface area contributed by atoms with Gasteiger partial charge in [-0.05, 0) is 54.9 Å². The maximum Gasteiger partial charge on any atom is 0.157 e. The van der Waals surface area contributed by atoms with E-state index in [0.29, 0.717) is 22.9 Å². The minimum Gasteiger partial charge on any atom is -0.245 e. The second kappa shape index (κ2) is 5.02. The van der Waals surface area contributed by atoms with Gasteiger partial charge in [-0.2, -0.15) is 5.10 Å². The number of halogens is 1. The molecule has 0 spiro atoms. The van der Waals surface area contributed by atoms with Gasteiger partial charge in [-0.1, -0.05) is 17.7 Å². The lowest BCUT2D eigenvalue weighted by molar-refractivity contribution is 0.904. The molecule has 2 fully saturated rings. The second-order valence-electron chi connectivity index (χ2n) is 7.16. The van der Waals surface area contributed by atoms with Gasteiger partial charge in [0.15, 0.2) is 5.65 Å². The molecule has 0 saturated heterocycles. The molecule has 2 saturated carbocycles. The van der Waals surface area contributed by atoms with Crippen molar-refractivity contribution in [2.24, 2.45) is 0 Å². The van der Waals surface area contributed by atoms with Crippen LogP contribution in [0.1, 0.15) is 53.8 Å². The van der Waals surface area contributed by atoms with Crippen LogP contribution in [0.2, 0.25) is 5.15 Å². The quantitative estimate of drug-likeness (QED) is 0.504. The molecule has 3 aromatic heterocycles. The maximum absolute atomic E-state index is 6.29. The molecule has 0 N–H and O–H groups in total. The highest BCUT2D eigenvalue weighted by Crippen LogP contribution is 2.56. The average Bonchev–Trinajstić information content (AvgIpc) is 3.52. The summed E-state index contributed by atoms with van der Waals surface area (Å²) in [6, 6.07) is 8.65. The summed E-state index contributed by atoms with van der Waals surface area (Å²) in [5.74, 6) is 1.63. The molecule has 4 nitrogen and oxygen atoms in total. The highest BCUT2D eigenvalue weighted by atomic mass is 35.5. The summed E-state index contributed by atoms with van der Waals surface area (Å²) >= 11 is 7.99. The monoisotopic (exact) mass is 366 g/mol. The van der Waals surface area contributed by atoms with Gasteiger partial charge in [0.2, 0.25) is 0 Å². The van der Waals surface area contributed by atoms with Gasteiger partial charge in [-0.25, -0.2) is 14.5 Å². The topological polar surface area (TPSA) is 43.1 Å². The van der Waals surface area contributed by atoms with Crippen LogP contribution in [0.25, 0.3) is 15.9 Å². The SMILES string of the molecule is Clc1cc([C@H]2CC2c2ccc3ncsc3c2)c2nc(C3CC3)cn2n1. The smallest absolute Gasteiger partial charge is 0.157 e. The molecule has 4 aromatic rings. The van der Waals surface area contributed by atoms with E-state index in [4.69, 9.17) is 16.6 Å². The van der Waals surface area contributed by atoms with Gasteiger partial charge < -0.3 is 0 Å². The van der Waals surface area contributed by atoms with Crippen molar-refractivity contribution in [1.82, 2.24) is 19.6 Å². The summed E-state index contributed by atoms with van der Waals surface area (Å²) in [4.78, 5) is 9.25. The normalized spacial score (nSPS) is 22.8. The minimum absolute atomic E-state index is 0.475. The Morgan fingerprint density at radius 2 is 2.08 bits per heavy atom. The first-order valence-electron chi connectivity index (χ1n) is 8.65. The van der Waals surface area contributed by atoms with Crippen molar-refractivity contribution in [2.75, 3.05) is 0 Å². The van der Waals surface area contributed by atoms with E-state index in [2.05, 4.69) is 34.5 Å². The predicted octanol–water partition coefficient (Wildman–Crippen LogP) is 5.14. The van der Waals surface area contributed by atoms with Gasteiger partial charge in [-0.3, -0.25) is 0 Å². The van der Waals surface area contributed by atoms with E-state index < -0.39 is 0 Å². The zero-order chi connectivity index (χ0) is 16.5. The molecule has 25 heavy (non-hydrogen) atoms. The van der Waals surface area contributed by atoms with Crippen molar-refractivity contribution >= 4 is 38.8 Å². The van der Waals surface area contributed by atoms with Crippen LogP contribution in [-0.2, 0) is 0 Å². The Labute approximate surface area is 153 Å². The van der Waals surface area contributed by atoms with Gasteiger partial charge in [0.1, 0.15) is 5.15 Å². The zero-order valence-corrected chi connectivity index (χ0v) is 15.0. The van der Waals surface area contributed by atoms with E-state index in [1.54, 1.807) is 11.3 Å². The summed E-state index contributed by atoms with van der Waals surface area (Å²) in [6.45, 7) is 0. The Kier molecular flexibility index (Phi) is 2.86. The average molecular weight is 367 g/mol. The Bertz CT molecular complexity index is 1130. The standard InChI is InChI=1S/C19H15ClN4S/c20-18-7-14(19-22-16(10-1-2-10)8-24(19)23-18)13-6-12(13)11-3-4-15-17(5-11)25-9-21-15/h3-5,7-10,12-13H,1-2,6H2/t12?,13-/m0/s1. The fourth-order valence-electron chi connectivity index (χ4n) is 3.84. The molecule has 2 atom stereocenters. The number of benzene rings is 1. The van der Waals surface area contributed by atoms with E-state index >= 15 is 0 Å². The number of hydrogen-bond acceptors (Lipinski definition) is 4. The maximum atomic E-state index is 6.29. The Balaban J connectivity index is 1.41. The van der Waals surface area contributed by atoms with E-state index in [0.717, 1.165) is 17.6 Å². The largest absolute Gasteiger partial charge is 0.245 e. The molecule has 124 valence electrons. The van der Waals surface area contributed by atoms with Crippen molar-refractivity contribution in [1.29, 1.82) is 0 Å². The summed E-state index contributed by atoms with van der Waals surface area (Å²) in [5, 5.41) is 4.97. The molecule has 2 aliphatic carbocycles. The molecule has 6 heteroatoms. The number of aromatic nitrogens is 4. The summed E-state index contributed by atoms with van der Waals surface area (Å²) in [6.07, 6.45) is 5.69. The van der Waals surface area contributed by atoms with Crippen LogP contribution in [0.15, 0.2) is 36.0 Å². The Hall–Kier alpha value is -1.98. The highest BCUT2D eigenvalue weighted by Gasteiger charge is 2.41. The molecule has 0 amide bonds. The zero-order valence-electron chi connectivity index (χ0n) is 13.4. The van der Waals surface area contributed by atoms with Crippen molar-refractivity contribution in [3.8, 4) is 0 Å². The molecular formula is C19H15ClN4S. The first-order chi connectivity index (χ1) is 12.3. The van der Waals surface area contributed by atoms with E-state index in [1.807, 2.05) is 16.1 Å². The van der Waals surface area contributed by atoms with E-state index in [9.17, 15) is 0 Å². The van der Waals surface area contributed by atoms with Crippen LogP contribution in [-0.4, -0.2) is 19.6 Å². The summed E-state index contributed by atoms with van der Waals surface area (Å²) in [7, 11) is 0. The third-order valence-electron chi connectivity index (χ3n) is 5.41. The summed E-state index contributed by atoms with van der Waals surface area (Å²) < 4.78 is 3.14. The van der Waals surface area contributed by atoms with Crippen molar-refractivity contribution < 1.29 is 0 Å².